The molecule has 5 nitrogen and oxygen atoms in total. The van der Waals surface area contributed by atoms with Crippen molar-refractivity contribution < 1.29 is 19.4 Å². The van der Waals surface area contributed by atoms with E-state index in [1.54, 1.807) is 0 Å². The third-order valence-electron chi connectivity index (χ3n) is 2.35. The topological polar surface area (TPSA) is 75.6 Å². The lowest BCUT2D eigenvalue weighted by atomic mass is 10.2. The van der Waals surface area contributed by atoms with E-state index in [1.165, 1.54) is 0 Å². The van der Waals surface area contributed by atoms with Crippen LogP contribution in [0.5, 0.6) is 0 Å². The van der Waals surface area contributed by atoms with Crippen LogP contribution in [0.3, 0.4) is 0 Å². The summed E-state index contributed by atoms with van der Waals surface area (Å²) in [6, 6.07) is 0. The van der Waals surface area contributed by atoms with Crippen molar-refractivity contribution in [2.75, 3.05) is 13.2 Å². The van der Waals surface area contributed by atoms with Gasteiger partial charge in [-0.2, -0.15) is 0 Å². The fourth-order valence-electron chi connectivity index (χ4n) is 1.52. The summed E-state index contributed by atoms with van der Waals surface area (Å²) in [5.74, 6) is -0.950. The quantitative estimate of drug-likeness (QED) is 0.678. The molecule has 1 heterocycles. The average molecular weight is 215 g/mol. The molecule has 0 radical (unpaired) electrons. The second kappa shape index (κ2) is 6.40. The normalized spacial score (nSPS) is 20.1. The van der Waals surface area contributed by atoms with Gasteiger partial charge < -0.3 is 15.2 Å². The first-order valence-electron chi connectivity index (χ1n) is 5.28. The van der Waals surface area contributed by atoms with Crippen molar-refractivity contribution >= 4 is 11.9 Å². The van der Waals surface area contributed by atoms with Crippen LogP contribution in [0, 0.1) is 0 Å². The van der Waals surface area contributed by atoms with E-state index in [0.717, 1.165) is 19.4 Å². The van der Waals surface area contributed by atoms with Crippen LogP contribution < -0.4 is 5.32 Å². The average Bonchev–Trinajstić information content (AvgIpc) is 2.66. The second-order valence-electron chi connectivity index (χ2n) is 3.69. The van der Waals surface area contributed by atoms with Gasteiger partial charge in [-0.25, -0.2) is 0 Å². The Morgan fingerprint density at radius 1 is 1.40 bits per heavy atom. The van der Waals surface area contributed by atoms with Crippen molar-refractivity contribution in [3.05, 3.63) is 0 Å². The number of aliphatic carboxylic acids is 1. The van der Waals surface area contributed by atoms with Gasteiger partial charge in [0, 0.05) is 26.0 Å². The Labute approximate surface area is 88.8 Å². The molecule has 1 saturated heterocycles. The molecule has 86 valence electrons. The molecule has 2 N–H and O–H groups in total. The lowest BCUT2D eigenvalue weighted by Gasteiger charge is -2.10. The van der Waals surface area contributed by atoms with Crippen LogP contribution >= 0.6 is 0 Å². The molecule has 5 heteroatoms. The molecule has 15 heavy (non-hydrogen) atoms. The van der Waals surface area contributed by atoms with Gasteiger partial charge in [0.1, 0.15) is 0 Å². The Kier molecular flexibility index (Phi) is 5.10. The maximum atomic E-state index is 11.2. The number of carboxylic acid groups (broad SMARTS) is 1. The van der Waals surface area contributed by atoms with Gasteiger partial charge in [0.15, 0.2) is 0 Å². The second-order valence-corrected chi connectivity index (χ2v) is 3.69. The molecule has 0 spiro atoms. The number of nitrogens with one attached hydrogen (secondary N) is 1. The molecule has 1 aliphatic rings. The van der Waals surface area contributed by atoms with E-state index in [1.807, 2.05) is 0 Å². The monoisotopic (exact) mass is 215 g/mol. The largest absolute Gasteiger partial charge is 0.481 e. The van der Waals surface area contributed by atoms with Crippen molar-refractivity contribution in [1.29, 1.82) is 0 Å². The van der Waals surface area contributed by atoms with Gasteiger partial charge in [-0.1, -0.05) is 0 Å². The summed E-state index contributed by atoms with van der Waals surface area (Å²) in [6.07, 6.45) is 2.92. The number of ether oxygens (including phenoxy) is 1. The van der Waals surface area contributed by atoms with Gasteiger partial charge >= 0.3 is 5.97 Å². The number of carbonyl (C=O) groups excluding carboxylic acids is 1. The summed E-state index contributed by atoms with van der Waals surface area (Å²) in [6.45, 7) is 1.32. The predicted octanol–water partition coefficient (Wildman–Crippen LogP) is 0.536. The first-order valence-corrected chi connectivity index (χ1v) is 5.28. The van der Waals surface area contributed by atoms with E-state index < -0.39 is 5.97 Å². The van der Waals surface area contributed by atoms with E-state index in [4.69, 9.17) is 9.84 Å². The highest BCUT2D eigenvalue weighted by atomic mass is 16.5. The molecule has 1 atom stereocenters. The lowest BCUT2D eigenvalue weighted by molar-refractivity contribution is -0.137. The molecule has 0 aromatic rings. The van der Waals surface area contributed by atoms with Gasteiger partial charge in [-0.05, 0) is 19.3 Å². The van der Waals surface area contributed by atoms with Crippen LogP contribution in [0.15, 0.2) is 0 Å². The summed E-state index contributed by atoms with van der Waals surface area (Å²) in [7, 11) is 0. The fourth-order valence-corrected chi connectivity index (χ4v) is 1.52. The van der Waals surface area contributed by atoms with Crippen LogP contribution in [-0.4, -0.2) is 36.2 Å². The smallest absolute Gasteiger partial charge is 0.303 e. The minimum atomic E-state index is -0.859. The Balaban J connectivity index is 2.00. The molecular weight excluding hydrogens is 198 g/mol. The molecule has 1 amide bonds. The number of hydrogen-bond acceptors (Lipinski definition) is 3. The zero-order valence-electron chi connectivity index (χ0n) is 8.70. The standard InChI is InChI=1S/C10H17NO4/c12-9(4-1-5-10(13)14)11-7-8-3-2-6-15-8/h8H,1-7H2,(H,11,12)(H,13,14). The number of amides is 1. The number of carbonyl (C=O) groups is 2. The maximum Gasteiger partial charge on any atom is 0.303 e. The Bertz CT molecular complexity index is 223. The SMILES string of the molecule is O=C(O)CCCC(=O)NCC1CCCO1. The Morgan fingerprint density at radius 2 is 2.20 bits per heavy atom. The van der Waals surface area contributed by atoms with Crippen LogP contribution in [0.4, 0.5) is 0 Å². The molecule has 1 fully saturated rings. The Morgan fingerprint density at radius 3 is 2.80 bits per heavy atom. The Hall–Kier alpha value is -1.10. The van der Waals surface area contributed by atoms with Crippen molar-refractivity contribution in [2.45, 2.75) is 38.2 Å². The van der Waals surface area contributed by atoms with E-state index in [0.29, 0.717) is 13.0 Å². The van der Waals surface area contributed by atoms with Crippen molar-refractivity contribution in [2.24, 2.45) is 0 Å². The zero-order valence-corrected chi connectivity index (χ0v) is 8.70. The minimum Gasteiger partial charge on any atom is -0.481 e. The molecule has 1 aliphatic heterocycles. The zero-order chi connectivity index (χ0) is 11.1. The van der Waals surface area contributed by atoms with Crippen molar-refractivity contribution in [1.82, 2.24) is 5.32 Å². The van der Waals surface area contributed by atoms with E-state index in [-0.39, 0.29) is 24.9 Å². The summed E-state index contributed by atoms with van der Waals surface area (Å²) < 4.78 is 5.34. The molecule has 0 aliphatic carbocycles. The predicted molar refractivity (Wildman–Crippen MR) is 53.5 cm³/mol. The third-order valence-corrected chi connectivity index (χ3v) is 2.35. The highest BCUT2D eigenvalue weighted by Gasteiger charge is 2.15. The van der Waals surface area contributed by atoms with Gasteiger partial charge in [-0.3, -0.25) is 9.59 Å². The summed E-state index contributed by atoms with van der Waals surface area (Å²) in [4.78, 5) is 21.4. The van der Waals surface area contributed by atoms with Crippen molar-refractivity contribution in [3.8, 4) is 0 Å². The molecule has 0 saturated carbocycles. The van der Waals surface area contributed by atoms with Gasteiger partial charge in [0.25, 0.3) is 0 Å². The highest BCUT2D eigenvalue weighted by Crippen LogP contribution is 2.10. The summed E-state index contributed by atoms with van der Waals surface area (Å²) in [5, 5.41) is 11.1. The number of carboxylic acids is 1. The first kappa shape index (κ1) is 12.0. The molecule has 0 aromatic carbocycles. The van der Waals surface area contributed by atoms with Gasteiger partial charge in [0.2, 0.25) is 5.91 Å². The number of rotatable bonds is 6. The third kappa shape index (κ3) is 5.37. The fraction of sp³-hybridized carbons (Fsp3) is 0.800. The molecular formula is C10H17NO4. The van der Waals surface area contributed by atoms with E-state index >= 15 is 0 Å². The van der Waals surface area contributed by atoms with Crippen LogP contribution in [-0.2, 0) is 14.3 Å². The molecule has 1 unspecified atom stereocenters. The van der Waals surface area contributed by atoms with Crippen LogP contribution in [0.2, 0.25) is 0 Å². The summed E-state index contributed by atoms with van der Waals surface area (Å²) in [5.41, 5.74) is 0. The van der Waals surface area contributed by atoms with E-state index in [9.17, 15) is 9.59 Å². The van der Waals surface area contributed by atoms with Crippen LogP contribution in [0.25, 0.3) is 0 Å². The minimum absolute atomic E-state index is 0.0490. The van der Waals surface area contributed by atoms with Gasteiger partial charge in [-0.15, -0.1) is 0 Å². The molecule has 0 aromatic heterocycles. The summed E-state index contributed by atoms with van der Waals surface area (Å²) >= 11 is 0. The van der Waals surface area contributed by atoms with E-state index in [2.05, 4.69) is 5.32 Å². The lowest BCUT2D eigenvalue weighted by Crippen LogP contribution is -2.31. The van der Waals surface area contributed by atoms with Gasteiger partial charge in [0.05, 0.1) is 6.10 Å². The first-order chi connectivity index (χ1) is 7.18. The van der Waals surface area contributed by atoms with Crippen molar-refractivity contribution in [3.63, 3.8) is 0 Å². The number of hydrogen-bond donors (Lipinski definition) is 2. The molecule has 1 rings (SSSR count). The highest BCUT2D eigenvalue weighted by molar-refractivity contribution is 5.76. The maximum absolute atomic E-state index is 11.2. The molecule has 0 bridgehead atoms. The van der Waals surface area contributed by atoms with Crippen LogP contribution in [0.1, 0.15) is 32.1 Å².